The standard InChI is InChI=1S/C10H13F9O2.CH3F/c1-2-6(9(14,15)16)20-5-21-7(10(17,18)19)3-8(12,13)4-11;1-2/h6-7H,2-5H2,1H3;1H3. The second-order valence-corrected chi connectivity index (χ2v) is 4.11. The van der Waals surface area contributed by atoms with Gasteiger partial charge in [-0.2, -0.15) is 26.3 Å². The average molecular weight is 370 g/mol. The van der Waals surface area contributed by atoms with E-state index in [9.17, 15) is 43.9 Å². The number of hydrogen-bond acceptors (Lipinski definition) is 2. The van der Waals surface area contributed by atoms with Gasteiger partial charge in [0.1, 0.15) is 6.79 Å². The van der Waals surface area contributed by atoms with Gasteiger partial charge in [-0.3, -0.25) is 4.39 Å². The van der Waals surface area contributed by atoms with Crippen LogP contribution in [-0.4, -0.2) is 51.1 Å². The van der Waals surface area contributed by atoms with Crippen molar-refractivity contribution in [2.45, 2.75) is 50.2 Å². The molecule has 0 saturated heterocycles. The van der Waals surface area contributed by atoms with Gasteiger partial charge >= 0.3 is 12.4 Å². The Balaban J connectivity index is 0. The fraction of sp³-hybridized carbons (Fsp3) is 1.00. The summed E-state index contributed by atoms with van der Waals surface area (Å²) in [5, 5.41) is 0. The maximum Gasteiger partial charge on any atom is 0.414 e. The zero-order chi connectivity index (χ0) is 18.9. The monoisotopic (exact) mass is 370 g/mol. The largest absolute Gasteiger partial charge is 0.414 e. The van der Waals surface area contributed by atoms with Crippen molar-refractivity contribution in [2.75, 3.05) is 20.6 Å². The van der Waals surface area contributed by atoms with E-state index in [-0.39, 0.29) is 0 Å². The first kappa shape index (κ1) is 24.5. The summed E-state index contributed by atoms with van der Waals surface area (Å²) < 4.78 is 128. The molecule has 0 aliphatic heterocycles. The molecular weight excluding hydrogens is 354 g/mol. The van der Waals surface area contributed by atoms with Crippen LogP contribution in [0.1, 0.15) is 19.8 Å². The molecule has 0 N–H and O–H groups in total. The molecule has 0 rings (SSSR count). The highest BCUT2D eigenvalue weighted by atomic mass is 19.4. The molecule has 0 fully saturated rings. The quantitative estimate of drug-likeness (QED) is 0.450. The van der Waals surface area contributed by atoms with Crippen LogP contribution < -0.4 is 0 Å². The van der Waals surface area contributed by atoms with Crippen LogP contribution in [0.5, 0.6) is 0 Å². The van der Waals surface area contributed by atoms with Crippen molar-refractivity contribution in [3.63, 3.8) is 0 Å². The van der Waals surface area contributed by atoms with Crippen molar-refractivity contribution in [2.24, 2.45) is 0 Å². The van der Waals surface area contributed by atoms with E-state index in [1.54, 1.807) is 0 Å². The molecule has 2 unspecified atom stereocenters. The minimum absolute atomic E-state index is 0.500. The summed E-state index contributed by atoms with van der Waals surface area (Å²) in [7, 11) is 0.500. The van der Waals surface area contributed by atoms with E-state index in [0.29, 0.717) is 7.18 Å². The van der Waals surface area contributed by atoms with Crippen LogP contribution in [0.3, 0.4) is 0 Å². The van der Waals surface area contributed by atoms with Gasteiger partial charge in [0.15, 0.2) is 18.9 Å². The van der Waals surface area contributed by atoms with E-state index in [2.05, 4.69) is 9.47 Å². The molecule has 0 heterocycles. The van der Waals surface area contributed by atoms with Crippen LogP contribution in [0, 0.1) is 0 Å². The zero-order valence-corrected chi connectivity index (χ0v) is 12.1. The van der Waals surface area contributed by atoms with Gasteiger partial charge in [0.25, 0.3) is 5.92 Å². The summed E-state index contributed by atoms with van der Waals surface area (Å²) in [5.41, 5.74) is 0. The van der Waals surface area contributed by atoms with E-state index < -0.39 is 56.8 Å². The molecule has 0 radical (unpaired) electrons. The Kier molecular flexibility index (Phi) is 10.8. The van der Waals surface area contributed by atoms with Crippen molar-refractivity contribution < 1.29 is 53.4 Å². The van der Waals surface area contributed by atoms with Crippen LogP contribution in [0.2, 0.25) is 0 Å². The Hall–Kier alpha value is -0.780. The van der Waals surface area contributed by atoms with Crippen LogP contribution in [0.4, 0.5) is 43.9 Å². The average Bonchev–Trinajstić information content (AvgIpc) is 2.42. The normalized spacial score (nSPS) is 15.7. The molecule has 0 aliphatic rings. The van der Waals surface area contributed by atoms with Gasteiger partial charge in [-0.15, -0.1) is 0 Å². The first-order valence-electron chi connectivity index (χ1n) is 6.01. The molecule has 2 nitrogen and oxygen atoms in total. The van der Waals surface area contributed by atoms with Gasteiger partial charge in [-0.25, -0.2) is 13.2 Å². The Morgan fingerprint density at radius 3 is 1.48 bits per heavy atom. The summed E-state index contributed by atoms with van der Waals surface area (Å²) >= 11 is 0. The van der Waals surface area contributed by atoms with Crippen molar-refractivity contribution >= 4 is 0 Å². The highest BCUT2D eigenvalue weighted by molar-refractivity contribution is 4.77. The Bertz CT molecular complexity index is 302. The van der Waals surface area contributed by atoms with Gasteiger partial charge in [-0.05, 0) is 6.42 Å². The fourth-order valence-electron chi connectivity index (χ4n) is 1.24. The SMILES string of the molecule is CCC(OCOC(CC(F)(F)CF)C(F)(F)F)C(F)(F)F.CF. The lowest BCUT2D eigenvalue weighted by Crippen LogP contribution is -2.40. The van der Waals surface area contributed by atoms with Gasteiger partial charge < -0.3 is 9.47 Å². The maximum atomic E-state index is 12.6. The van der Waals surface area contributed by atoms with Crippen LogP contribution >= 0.6 is 0 Å². The van der Waals surface area contributed by atoms with Crippen LogP contribution in [0.25, 0.3) is 0 Å². The third-order valence-electron chi connectivity index (χ3n) is 2.32. The van der Waals surface area contributed by atoms with Gasteiger partial charge in [0.05, 0.1) is 7.18 Å². The highest BCUT2D eigenvalue weighted by Gasteiger charge is 2.48. The topological polar surface area (TPSA) is 18.5 Å². The minimum atomic E-state index is -5.29. The number of rotatable bonds is 8. The first-order valence-corrected chi connectivity index (χ1v) is 6.01. The number of alkyl halides is 10. The minimum Gasteiger partial charge on any atom is -0.343 e. The second-order valence-electron chi connectivity index (χ2n) is 4.11. The molecule has 0 aliphatic carbocycles. The van der Waals surface area contributed by atoms with Gasteiger partial charge in [-0.1, -0.05) is 6.92 Å². The fourth-order valence-corrected chi connectivity index (χ4v) is 1.24. The molecule has 0 amide bonds. The lowest BCUT2D eigenvalue weighted by molar-refractivity contribution is -0.286. The Morgan fingerprint density at radius 1 is 0.783 bits per heavy atom. The predicted molar refractivity (Wildman–Crippen MR) is 59.6 cm³/mol. The molecule has 0 aromatic heterocycles. The summed E-state index contributed by atoms with van der Waals surface area (Å²) in [6.45, 7) is -2.77. The first-order chi connectivity index (χ1) is 10.3. The highest BCUT2D eigenvalue weighted by Crippen LogP contribution is 2.33. The molecule has 0 spiro atoms. The van der Waals surface area contributed by atoms with Gasteiger partial charge in [0, 0.05) is 6.42 Å². The molecule has 0 saturated carbocycles. The van der Waals surface area contributed by atoms with Crippen molar-refractivity contribution in [3.05, 3.63) is 0 Å². The summed E-state index contributed by atoms with van der Waals surface area (Å²) in [6, 6.07) is 0. The lowest BCUT2D eigenvalue weighted by Gasteiger charge is -2.25. The van der Waals surface area contributed by atoms with E-state index in [0.717, 1.165) is 6.92 Å². The Labute approximate surface area is 125 Å². The predicted octanol–water partition coefficient (Wildman–Crippen LogP) is 4.83. The number of ether oxygens (including phenoxy) is 2. The van der Waals surface area contributed by atoms with E-state index in [4.69, 9.17) is 0 Å². The lowest BCUT2D eigenvalue weighted by atomic mass is 10.1. The van der Waals surface area contributed by atoms with Crippen LogP contribution in [0.15, 0.2) is 0 Å². The van der Waals surface area contributed by atoms with E-state index in [1.807, 2.05) is 0 Å². The molecule has 142 valence electrons. The summed E-state index contributed by atoms with van der Waals surface area (Å²) in [6.07, 6.45) is -18.3. The smallest absolute Gasteiger partial charge is 0.343 e. The van der Waals surface area contributed by atoms with E-state index >= 15 is 0 Å². The van der Waals surface area contributed by atoms with Crippen molar-refractivity contribution in [3.8, 4) is 0 Å². The molecule has 12 heteroatoms. The van der Waals surface area contributed by atoms with Gasteiger partial charge in [0.2, 0.25) is 0 Å². The molecule has 0 aromatic carbocycles. The number of hydrogen-bond donors (Lipinski definition) is 0. The van der Waals surface area contributed by atoms with Crippen molar-refractivity contribution in [1.29, 1.82) is 0 Å². The summed E-state index contributed by atoms with van der Waals surface area (Å²) in [4.78, 5) is 0. The second kappa shape index (κ2) is 10.2. The third kappa shape index (κ3) is 10.6. The third-order valence-corrected chi connectivity index (χ3v) is 2.32. The number of halogens is 10. The molecular formula is C11H16F10O2. The molecule has 0 bridgehead atoms. The van der Waals surface area contributed by atoms with Crippen molar-refractivity contribution in [1.82, 2.24) is 0 Å². The maximum absolute atomic E-state index is 12.6. The molecule has 2 atom stereocenters. The molecule has 23 heavy (non-hydrogen) atoms. The zero-order valence-electron chi connectivity index (χ0n) is 12.1. The molecule has 0 aromatic rings. The Morgan fingerprint density at radius 2 is 1.17 bits per heavy atom. The summed E-state index contributed by atoms with van der Waals surface area (Å²) in [5.74, 6) is -4.30. The van der Waals surface area contributed by atoms with E-state index in [1.165, 1.54) is 0 Å². The van der Waals surface area contributed by atoms with Crippen LogP contribution in [-0.2, 0) is 9.47 Å².